The van der Waals surface area contributed by atoms with Gasteiger partial charge in [0.15, 0.2) is 0 Å². The van der Waals surface area contributed by atoms with E-state index in [0.29, 0.717) is 11.1 Å². The minimum Gasteiger partial charge on any atom is -0.347 e. The van der Waals surface area contributed by atoms with Crippen molar-refractivity contribution in [2.45, 2.75) is 18.8 Å². The van der Waals surface area contributed by atoms with Gasteiger partial charge in [0.25, 0.3) is 0 Å². The first kappa shape index (κ1) is 18.5. The molecule has 1 aliphatic heterocycles. The molecule has 32 heavy (non-hydrogen) atoms. The Labute approximate surface area is 186 Å². The number of hydrogen-bond donors (Lipinski definition) is 0. The lowest BCUT2D eigenvalue weighted by Crippen LogP contribution is -2.28. The Morgan fingerprint density at radius 3 is 2.12 bits per heavy atom. The number of nitrogens with zero attached hydrogens (tertiary/aromatic N) is 4. The molecule has 6 rings (SSSR count). The fourth-order valence-electron chi connectivity index (χ4n) is 5.45. The molecule has 0 amide bonds. The summed E-state index contributed by atoms with van der Waals surface area (Å²) in [5, 5.41) is 20.9. The van der Waals surface area contributed by atoms with Gasteiger partial charge in [0.2, 0.25) is 0 Å². The first-order valence-electron chi connectivity index (χ1n) is 10.7. The Kier molecular flexibility index (Phi) is 3.67. The lowest BCUT2D eigenvalue weighted by molar-refractivity contribution is 0.574. The molecule has 0 fully saturated rings. The second-order valence-corrected chi connectivity index (χ2v) is 8.79. The molecule has 4 nitrogen and oxygen atoms in total. The summed E-state index contributed by atoms with van der Waals surface area (Å²) in [4.78, 5) is 2.30. The minimum absolute atomic E-state index is 0.0461. The third-order valence-electron chi connectivity index (χ3n) is 7.07. The molecule has 1 atom stereocenters. The second-order valence-electron chi connectivity index (χ2n) is 8.79. The molecular formula is C28H20N4. The highest BCUT2D eigenvalue weighted by Crippen LogP contribution is 2.52. The number of aromatic nitrogens is 1. The average molecular weight is 412 g/mol. The van der Waals surface area contributed by atoms with Crippen molar-refractivity contribution in [1.29, 1.82) is 10.5 Å². The molecule has 0 spiro atoms. The van der Waals surface area contributed by atoms with Gasteiger partial charge in [-0.3, -0.25) is 0 Å². The van der Waals surface area contributed by atoms with Crippen LogP contribution in [0.4, 0.5) is 5.69 Å². The first-order valence-corrected chi connectivity index (χ1v) is 10.7. The molecule has 4 aromatic rings. The Morgan fingerprint density at radius 2 is 1.50 bits per heavy atom. The van der Waals surface area contributed by atoms with E-state index in [1.165, 1.54) is 16.9 Å². The van der Waals surface area contributed by atoms with Crippen molar-refractivity contribution in [3.63, 3.8) is 0 Å². The van der Waals surface area contributed by atoms with Crippen LogP contribution in [0.25, 0.3) is 27.5 Å². The maximum absolute atomic E-state index is 9.44. The molecule has 1 aromatic heterocycles. The number of nitriles is 2. The van der Waals surface area contributed by atoms with Crippen LogP contribution in [0, 0.1) is 22.7 Å². The zero-order valence-electron chi connectivity index (χ0n) is 17.9. The summed E-state index contributed by atoms with van der Waals surface area (Å²) in [6.07, 6.45) is 5.51. The van der Waals surface area contributed by atoms with E-state index in [9.17, 15) is 10.5 Å². The van der Waals surface area contributed by atoms with Crippen molar-refractivity contribution < 1.29 is 0 Å². The minimum atomic E-state index is -0.0461. The number of likely N-dealkylation sites (N-methyl/N-ethyl adjacent to an activating group) is 1. The quantitative estimate of drug-likeness (QED) is 0.381. The van der Waals surface area contributed by atoms with E-state index >= 15 is 0 Å². The highest BCUT2D eigenvalue weighted by molar-refractivity contribution is 6.11. The Balaban J connectivity index is 1.61. The van der Waals surface area contributed by atoms with E-state index in [4.69, 9.17) is 0 Å². The van der Waals surface area contributed by atoms with Crippen LogP contribution in [0.3, 0.4) is 0 Å². The lowest BCUT2D eigenvalue weighted by Gasteiger charge is -2.31. The van der Waals surface area contributed by atoms with E-state index in [1.54, 1.807) is 0 Å². The monoisotopic (exact) mass is 412 g/mol. The smallest absolute Gasteiger partial charge is 0.0991 e. The fourth-order valence-corrected chi connectivity index (χ4v) is 5.45. The molecule has 0 N–H and O–H groups in total. The standard InChI is InChI=1S/C28H20N4/c1-28-12-11-20(15-27(28)31(2)26-6-4-3-5-23(26)28)32-24-9-7-18(16-29)13-21(24)22-14-19(17-30)8-10-25(22)32/h3-11,13-15H,12H2,1-2H3. The highest BCUT2D eigenvalue weighted by atomic mass is 15.2. The largest absolute Gasteiger partial charge is 0.347 e. The average Bonchev–Trinajstić information content (AvgIpc) is 3.27. The zero-order valence-corrected chi connectivity index (χ0v) is 17.9. The summed E-state index contributed by atoms with van der Waals surface area (Å²) in [6.45, 7) is 2.32. The third kappa shape index (κ3) is 2.30. The number of benzene rings is 3. The molecule has 4 heteroatoms. The molecular weight excluding hydrogens is 392 g/mol. The predicted octanol–water partition coefficient (Wildman–Crippen LogP) is 6.07. The number of anilines is 1. The SMILES string of the molecule is CN1C2=CC(n3c4ccc(C#N)cc4c4cc(C#N)ccc43)=CCC2(C)c2ccccc21. The van der Waals surface area contributed by atoms with E-state index in [2.05, 4.69) is 72.0 Å². The lowest BCUT2D eigenvalue weighted by atomic mass is 9.76. The molecule has 0 saturated carbocycles. The van der Waals surface area contributed by atoms with Crippen molar-refractivity contribution in [2.24, 2.45) is 0 Å². The van der Waals surface area contributed by atoms with Crippen LogP contribution >= 0.6 is 0 Å². The van der Waals surface area contributed by atoms with Crippen LogP contribution in [-0.4, -0.2) is 11.6 Å². The summed E-state index contributed by atoms with van der Waals surface area (Å²) in [5.74, 6) is 0. The van der Waals surface area contributed by atoms with Crippen molar-refractivity contribution >= 4 is 33.2 Å². The number of fused-ring (bicyclic) bond motifs is 6. The summed E-state index contributed by atoms with van der Waals surface area (Å²) >= 11 is 0. The molecule has 1 aliphatic carbocycles. The van der Waals surface area contributed by atoms with Gasteiger partial charge in [-0.25, -0.2) is 0 Å². The van der Waals surface area contributed by atoms with Crippen LogP contribution in [0.1, 0.15) is 30.0 Å². The molecule has 3 aromatic carbocycles. The summed E-state index contributed by atoms with van der Waals surface area (Å²) in [7, 11) is 2.14. The van der Waals surface area contributed by atoms with Gasteiger partial charge in [0.05, 0.1) is 34.3 Å². The summed E-state index contributed by atoms with van der Waals surface area (Å²) in [5.41, 5.74) is 8.30. The first-order chi connectivity index (χ1) is 15.5. The van der Waals surface area contributed by atoms with Gasteiger partial charge in [0.1, 0.15) is 0 Å². The maximum atomic E-state index is 9.44. The Hall–Kier alpha value is -4.28. The van der Waals surface area contributed by atoms with Crippen molar-refractivity contribution in [1.82, 2.24) is 4.57 Å². The summed E-state index contributed by atoms with van der Waals surface area (Å²) < 4.78 is 2.26. The molecule has 2 aliphatic rings. The van der Waals surface area contributed by atoms with Gasteiger partial charge in [-0.05, 0) is 67.4 Å². The number of hydrogen-bond acceptors (Lipinski definition) is 3. The van der Waals surface area contributed by atoms with Gasteiger partial charge in [-0.1, -0.05) is 24.3 Å². The second kappa shape index (κ2) is 6.36. The van der Waals surface area contributed by atoms with Crippen LogP contribution in [0.2, 0.25) is 0 Å². The Bertz CT molecular complexity index is 1530. The highest BCUT2D eigenvalue weighted by Gasteiger charge is 2.43. The topological polar surface area (TPSA) is 55.8 Å². The normalized spacial score (nSPS) is 19.2. The van der Waals surface area contributed by atoms with Crippen molar-refractivity contribution in [2.75, 3.05) is 11.9 Å². The molecule has 1 unspecified atom stereocenters. The molecule has 152 valence electrons. The molecule has 2 heterocycles. The van der Waals surface area contributed by atoms with E-state index in [0.717, 1.165) is 33.9 Å². The van der Waals surface area contributed by atoms with E-state index < -0.39 is 0 Å². The van der Waals surface area contributed by atoms with Crippen LogP contribution in [-0.2, 0) is 5.41 Å². The summed E-state index contributed by atoms with van der Waals surface area (Å²) in [6, 6.07) is 24.7. The molecule has 0 radical (unpaired) electrons. The number of allylic oxidation sites excluding steroid dienone is 4. The van der Waals surface area contributed by atoms with Crippen LogP contribution in [0.15, 0.2) is 78.5 Å². The maximum Gasteiger partial charge on any atom is 0.0991 e. The van der Waals surface area contributed by atoms with Gasteiger partial charge < -0.3 is 9.47 Å². The van der Waals surface area contributed by atoms with E-state index in [-0.39, 0.29) is 5.41 Å². The Morgan fingerprint density at radius 1 is 0.875 bits per heavy atom. The van der Waals surface area contributed by atoms with Crippen LogP contribution < -0.4 is 4.90 Å². The third-order valence-corrected chi connectivity index (χ3v) is 7.07. The predicted molar refractivity (Wildman–Crippen MR) is 128 cm³/mol. The van der Waals surface area contributed by atoms with Gasteiger partial charge >= 0.3 is 0 Å². The van der Waals surface area contributed by atoms with Gasteiger partial charge in [-0.2, -0.15) is 10.5 Å². The van der Waals surface area contributed by atoms with E-state index in [1.807, 2.05) is 36.4 Å². The molecule has 0 saturated heterocycles. The fraction of sp³-hybridized carbons (Fsp3) is 0.143. The molecule has 0 bridgehead atoms. The number of rotatable bonds is 1. The zero-order chi connectivity index (χ0) is 22.0. The van der Waals surface area contributed by atoms with Crippen LogP contribution in [0.5, 0.6) is 0 Å². The van der Waals surface area contributed by atoms with Crippen molar-refractivity contribution in [3.8, 4) is 12.1 Å². The van der Waals surface area contributed by atoms with Crippen molar-refractivity contribution in [3.05, 3.63) is 95.2 Å². The van der Waals surface area contributed by atoms with Gasteiger partial charge in [-0.15, -0.1) is 0 Å². The number of para-hydroxylation sites is 1. The van der Waals surface area contributed by atoms with Gasteiger partial charge in [0, 0.05) is 40.3 Å².